The molecule has 0 unspecified atom stereocenters. The maximum atomic E-state index is 12.2. The van der Waals surface area contributed by atoms with Crippen LogP contribution in [0.2, 0.25) is 0 Å². The summed E-state index contributed by atoms with van der Waals surface area (Å²) in [5.41, 5.74) is 8.47. The van der Waals surface area contributed by atoms with Crippen LogP contribution in [0.3, 0.4) is 0 Å². The van der Waals surface area contributed by atoms with Crippen LogP contribution in [-0.2, 0) is 13.0 Å². The minimum atomic E-state index is -0.0774. The molecule has 2 rings (SSSR count). The minimum Gasteiger partial charge on any atom is -0.348 e. The fraction of sp³-hybridized carbons (Fsp3) is 0.188. The smallest absolute Gasteiger partial charge is 0.252 e. The van der Waals surface area contributed by atoms with E-state index in [1.54, 1.807) is 0 Å². The summed E-state index contributed by atoms with van der Waals surface area (Å²) in [6, 6.07) is 13.9. The van der Waals surface area contributed by atoms with Gasteiger partial charge in [0.2, 0.25) is 0 Å². The van der Waals surface area contributed by atoms with Gasteiger partial charge in [-0.3, -0.25) is 4.79 Å². The van der Waals surface area contributed by atoms with Gasteiger partial charge in [0.1, 0.15) is 0 Å². The molecule has 0 aliphatic carbocycles. The van der Waals surface area contributed by atoms with E-state index >= 15 is 0 Å². The lowest BCUT2D eigenvalue weighted by Crippen LogP contribution is -2.23. The molecule has 0 atom stereocenters. The first-order valence-electron chi connectivity index (χ1n) is 6.61. The molecule has 1 amide bonds. The molecule has 0 spiro atoms. The van der Waals surface area contributed by atoms with Gasteiger partial charge in [-0.2, -0.15) is 0 Å². The van der Waals surface area contributed by atoms with Crippen LogP contribution in [0.15, 0.2) is 46.9 Å². The first-order chi connectivity index (χ1) is 10.1. The first kappa shape index (κ1) is 16.5. The summed E-state index contributed by atoms with van der Waals surface area (Å²) in [6.45, 7) is 1.16. The Balaban J connectivity index is 1.99. The number of carbonyl (C=O) groups excluding carboxylic acids is 1. The molecule has 0 fully saturated rings. The van der Waals surface area contributed by atoms with Gasteiger partial charge in [-0.1, -0.05) is 24.3 Å². The van der Waals surface area contributed by atoms with Gasteiger partial charge < -0.3 is 11.1 Å². The maximum Gasteiger partial charge on any atom is 0.252 e. The van der Waals surface area contributed by atoms with E-state index in [1.165, 1.54) is 5.56 Å². The quantitative estimate of drug-likeness (QED) is 0.674. The summed E-state index contributed by atoms with van der Waals surface area (Å²) in [5, 5.41) is 2.94. The largest absolute Gasteiger partial charge is 0.348 e. The van der Waals surface area contributed by atoms with Crippen molar-refractivity contribution in [1.29, 1.82) is 0 Å². The number of carbonyl (C=O) groups is 1. The molecule has 2 aromatic carbocycles. The third-order valence-corrected chi connectivity index (χ3v) is 4.44. The van der Waals surface area contributed by atoms with Crippen molar-refractivity contribution >= 4 is 44.4 Å². The number of halogens is 2. The topological polar surface area (TPSA) is 55.1 Å². The van der Waals surface area contributed by atoms with Crippen LogP contribution in [0.25, 0.3) is 0 Å². The average Bonchev–Trinajstić information content (AvgIpc) is 2.49. The Bertz CT molecular complexity index is 629. The Morgan fingerprint density at radius 3 is 2.48 bits per heavy atom. The summed E-state index contributed by atoms with van der Waals surface area (Å²) in [6.07, 6.45) is 0.877. The zero-order valence-electron chi connectivity index (χ0n) is 11.4. The summed E-state index contributed by atoms with van der Waals surface area (Å²) in [4.78, 5) is 12.2. The third-order valence-electron chi connectivity index (χ3n) is 3.08. The molecule has 0 aliphatic rings. The number of nitrogens with two attached hydrogens (primary N) is 1. The number of hydrogen-bond acceptors (Lipinski definition) is 2. The summed E-state index contributed by atoms with van der Waals surface area (Å²) >= 11 is 5.60. The molecule has 3 N–H and O–H groups in total. The SMILES string of the molecule is NCCc1ccc(CNC(=O)c2cc(I)ccc2Br)cc1. The van der Waals surface area contributed by atoms with Gasteiger partial charge in [0.25, 0.3) is 5.91 Å². The van der Waals surface area contributed by atoms with Gasteiger partial charge >= 0.3 is 0 Å². The van der Waals surface area contributed by atoms with E-state index in [4.69, 9.17) is 5.73 Å². The lowest BCUT2D eigenvalue weighted by Gasteiger charge is -2.08. The van der Waals surface area contributed by atoms with Crippen LogP contribution in [0.1, 0.15) is 21.5 Å². The van der Waals surface area contributed by atoms with Crippen LogP contribution < -0.4 is 11.1 Å². The predicted molar refractivity (Wildman–Crippen MR) is 97.2 cm³/mol. The molecule has 0 aliphatic heterocycles. The van der Waals surface area contributed by atoms with Gasteiger partial charge in [0.15, 0.2) is 0 Å². The standard InChI is InChI=1S/C16H16BrIN2O/c17-15-6-5-13(18)9-14(15)16(21)20-10-12-3-1-11(2-4-12)7-8-19/h1-6,9H,7-8,10,19H2,(H,20,21). The van der Waals surface area contributed by atoms with Crippen LogP contribution in [-0.4, -0.2) is 12.5 Å². The van der Waals surface area contributed by atoms with E-state index in [-0.39, 0.29) is 5.91 Å². The summed E-state index contributed by atoms with van der Waals surface area (Å²) in [5.74, 6) is -0.0774. The molecule has 0 saturated carbocycles. The lowest BCUT2D eigenvalue weighted by atomic mass is 10.1. The molecule has 0 aromatic heterocycles. The van der Waals surface area contributed by atoms with Crippen molar-refractivity contribution in [3.8, 4) is 0 Å². The molecule has 110 valence electrons. The average molecular weight is 459 g/mol. The Morgan fingerprint density at radius 2 is 1.81 bits per heavy atom. The minimum absolute atomic E-state index is 0.0774. The van der Waals surface area contributed by atoms with Crippen LogP contribution >= 0.6 is 38.5 Å². The van der Waals surface area contributed by atoms with E-state index in [9.17, 15) is 4.79 Å². The van der Waals surface area contributed by atoms with Gasteiger partial charge in [-0.25, -0.2) is 0 Å². The van der Waals surface area contributed by atoms with Crippen LogP contribution in [0.5, 0.6) is 0 Å². The molecular formula is C16H16BrIN2O. The van der Waals surface area contributed by atoms with E-state index < -0.39 is 0 Å². The number of nitrogens with one attached hydrogen (secondary N) is 1. The summed E-state index contributed by atoms with van der Waals surface area (Å²) in [7, 11) is 0. The summed E-state index contributed by atoms with van der Waals surface area (Å²) < 4.78 is 1.84. The lowest BCUT2D eigenvalue weighted by molar-refractivity contribution is 0.0950. The maximum absolute atomic E-state index is 12.2. The molecule has 0 saturated heterocycles. The van der Waals surface area contributed by atoms with Gasteiger partial charge in [-0.05, 0) is 80.8 Å². The molecule has 0 heterocycles. The Kier molecular flexibility index (Phi) is 6.20. The Hall–Kier alpha value is -0.920. The van der Waals surface area contributed by atoms with Crippen molar-refractivity contribution in [3.05, 3.63) is 67.2 Å². The van der Waals surface area contributed by atoms with E-state index in [0.717, 1.165) is 20.0 Å². The number of amides is 1. The number of benzene rings is 2. The van der Waals surface area contributed by atoms with Crippen molar-refractivity contribution in [2.75, 3.05) is 6.54 Å². The van der Waals surface area contributed by atoms with Crippen molar-refractivity contribution in [2.24, 2.45) is 5.73 Å². The van der Waals surface area contributed by atoms with E-state index in [1.807, 2.05) is 30.3 Å². The second-order valence-corrected chi connectivity index (χ2v) is 6.76. The van der Waals surface area contributed by atoms with Crippen molar-refractivity contribution < 1.29 is 4.79 Å². The molecule has 0 radical (unpaired) electrons. The van der Waals surface area contributed by atoms with Crippen LogP contribution in [0, 0.1) is 3.57 Å². The monoisotopic (exact) mass is 458 g/mol. The zero-order valence-corrected chi connectivity index (χ0v) is 15.1. The highest BCUT2D eigenvalue weighted by atomic mass is 127. The predicted octanol–water partition coefficient (Wildman–Crippen LogP) is 3.48. The molecule has 0 bridgehead atoms. The van der Waals surface area contributed by atoms with Gasteiger partial charge in [0, 0.05) is 14.6 Å². The number of hydrogen-bond donors (Lipinski definition) is 2. The second kappa shape index (κ2) is 7.91. The fourth-order valence-electron chi connectivity index (χ4n) is 1.94. The molecule has 21 heavy (non-hydrogen) atoms. The van der Waals surface area contributed by atoms with Crippen molar-refractivity contribution in [2.45, 2.75) is 13.0 Å². The highest BCUT2D eigenvalue weighted by Gasteiger charge is 2.10. The van der Waals surface area contributed by atoms with Gasteiger partial charge in [-0.15, -0.1) is 0 Å². The Morgan fingerprint density at radius 1 is 1.14 bits per heavy atom. The van der Waals surface area contributed by atoms with Crippen molar-refractivity contribution in [1.82, 2.24) is 5.32 Å². The normalized spacial score (nSPS) is 10.4. The third kappa shape index (κ3) is 4.79. The molecule has 5 heteroatoms. The molecule has 3 nitrogen and oxygen atoms in total. The number of rotatable bonds is 5. The van der Waals surface area contributed by atoms with Gasteiger partial charge in [0.05, 0.1) is 5.56 Å². The Labute approximate surface area is 146 Å². The van der Waals surface area contributed by atoms with E-state index in [2.05, 4.69) is 56.0 Å². The molecular weight excluding hydrogens is 443 g/mol. The van der Waals surface area contributed by atoms with Crippen LogP contribution in [0.4, 0.5) is 0 Å². The van der Waals surface area contributed by atoms with Crippen molar-refractivity contribution in [3.63, 3.8) is 0 Å². The second-order valence-electron chi connectivity index (χ2n) is 4.66. The highest BCUT2D eigenvalue weighted by molar-refractivity contribution is 14.1. The highest BCUT2D eigenvalue weighted by Crippen LogP contribution is 2.19. The molecule has 2 aromatic rings. The first-order valence-corrected chi connectivity index (χ1v) is 8.48. The zero-order chi connectivity index (χ0) is 15.2. The van der Waals surface area contributed by atoms with E-state index in [0.29, 0.717) is 18.7 Å². The fourth-order valence-corrected chi connectivity index (χ4v) is 2.86.